The fourth-order valence-corrected chi connectivity index (χ4v) is 4.78. The Hall–Kier alpha value is -1.46. The number of aryl methyl sites for hydroxylation is 2. The number of rotatable bonds is 9. The van der Waals surface area contributed by atoms with E-state index in [1.54, 1.807) is 0 Å². The number of carbonyl (C=O) groups excluding carboxylic acids is 1. The van der Waals surface area contributed by atoms with Crippen molar-refractivity contribution in [3.8, 4) is 17.2 Å². The van der Waals surface area contributed by atoms with Gasteiger partial charge < -0.3 is 14.2 Å². The Kier molecular flexibility index (Phi) is 10.8. The van der Waals surface area contributed by atoms with Crippen LogP contribution < -0.4 is 38.4 Å². The summed E-state index contributed by atoms with van der Waals surface area (Å²) in [4.78, 5) is 13.5. The van der Waals surface area contributed by atoms with Crippen LogP contribution in [-0.2, 0) is 0 Å². The summed E-state index contributed by atoms with van der Waals surface area (Å²) in [6.45, 7) is 20.1. The minimum atomic E-state index is -0.114. The quantitative estimate of drug-likeness (QED) is 0.433. The minimum Gasteiger partial charge on any atom is -0.491 e. The monoisotopic (exact) mass is 451 g/mol. The van der Waals surface area contributed by atoms with Gasteiger partial charge in [0.2, 0.25) is 0 Å². The topological polar surface area (TPSA) is 44.8 Å². The van der Waals surface area contributed by atoms with Crippen LogP contribution >= 0.6 is 8.58 Å². The maximum absolute atomic E-state index is 13.5. The van der Waals surface area contributed by atoms with Crippen LogP contribution in [0.1, 0.15) is 74.2 Å². The van der Waals surface area contributed by atoms with Gasteiger partial charge in [-0.25, -0.2) is 0 Å². The largest absolute Gasteiger partial charge is 1.00 e. The minimum absolute atomic E-state index is 0. The first kappa shape index (κ1) is 28.6. The van der Waals surface area contributed by atoms with E-state index in [0.29, 0.717) is 17.2 Å². The van der Waals surface area contributed by atoms with Crippen molar-refractivity contribution in [2.75, 3.05) is 0 Å². The van der Waals surface area contributed by atoms with E-state index in [0.717, 1.165) is 27.6 Å². The summed E-state index contributed by atoms with van der Waals surface area (Å²) in [5.41, 5.74) is 5.32. The SMILES string of the molecule is Cc1cc(C)c(C(=O)Pc2c(OC(C)C)cc(OC(C)C)cc2OC(C)C)c(C)c1C.[Li+]. The molecule has 0 spiro atoms. The van der Waals surface area contributed by atoms with Gasteiger partial charge in [0.15, 0.2) is 5.52 Å². The number of benzene rings is 2. The number of hydrogen-bond donors (Lipinski definition) is 0. The van der Waals surface area contributed by atoms with E-state index in [2.05, 4.69) is 19.9 Å². The van der Waals surface area contributed by atoms with Crippen molar-refractivity contribution in [1.29, 1.82) is 0 Å². The Bertz CT molecular complexity index is 920. The van der Waals surface area contributed by atoms with Crippen molar-refractivity contribution in [3.05, 3.63) is 46.0 Å². The molecular formula is C26H37LiO4P+. The average molecular weight is 451 g/mol. The number of carbonyl (C=O) groups is 1. The van der Waals surface area contributed by atoms with E-state index < -0.39 is 0 Å². The fourth-order valence-electron chi connectivity index (χ4n) is 3.53. The Balaban J connectivity index is 0.00000512. The molecule has 1 unspecified atom stereocenters. The van der Waals surface area contributed by atoms with Crippen LogP contribution in [-0.4, -0.2) is 23.8 Å². The zero-order chi connectivity index (χ0) is 23.5. The van der Waals surface area contributed by atoms with Gasteiger partial charge in [-0.1, -0.05) is 6.07 Å². The van der Waals surface area contributed by atoms with E-state index >= 15 is 0 Å². The van der Waals surface area contributed by atoms with Gasteiger partial charge in [-0.05, 0) is 100 Å². The molecule has 0 aliphatic rings. The van der Waals surface area contributed by atoms with Crippen molar-refractivity contribution >= 4 is 19.4 Å². The predicted molar refractivity (Wildman–Crippen MR) is 131 cm³/mol. The first-order valence-corrected chi connectivity index (χ1v) is 12.0. The molecule has 0 saturated carbocycles. The summed E-state index contributed by atoms with van der Waals surface area (Å²) in [7, 11) is -0.114. The maximum Gasteiger partial charge on any atom is 1.00 e. The van der Waals surface area contributed by atoms with E-state index in [4.69, 9.17) is 14.2 Å². The molecule has 2 rings (SSSR count). The molecule has 0 fully saturated rings. The molecule has 0 aromatic heterocycles. The molecule has 0 bridgehead atoms. The van der Waals surface area contributed by atoms with Gasteiger partial charge in [-0.2, -0.15) is 0 Å². The molecule has 0 saturated heterocycles. The van der Waals surface area contributed by atoms with Crippen molar-refractivity contribution in [2.45, 2.75) is 87.5 Å². The molecule has 0 radical (unpaired) electrons. The fraction of sp³-hybridized carbons (Fsp3) is 0.500. The van der Waals surface area contributed by atoms with Crippen molar-refractivity contribution in [2.24, 2.45) is 0 Å². The van der Waals surface area contributed by atoms with Gasteiger partial charge in [0.05, 0.1) is 23.6 Å². The smallest absolute Gasteiger partial charge is 0.491 e. The van der Waals surface area contributed by atoms with Crippen LogP contribution in [0, 0.1) is 27.7 Å². The second-order valence-electron chi connectivity index (χ2n) is 8.88. The third-order valence-corrected chi connectivity index (χ3v) is 6.18. The van der Waals surface area contributed by atoms with E-state index in [9.17, 15) is 4.79 Å². The molecule has 32 heavy (non-hydrogen) atoms. The molecule has 0 aliphatic heterocycles. The average Bonchev–Trinajstić information content (AvgIpc) is 2.61. The summed E-state index contributed by atoms with van der Waals surface area (Å²) >= 11 is 0. The zero-order valence-corrected chi connectivity index (χ0v) is 22.6. The van der Waals surface area contributed by atoms with Crippen LogP contribution in [0.3, 0.4) is 0 Å². The summed E-state index contributed by atoms with van der Waals surface area (Å²) in [6.07, 6.45) is -0.0514. The van der Waals surface area contributed by atoms with Crippen molar-refractivity contribution in [3.63, 3.8) is 0 Å². The van der Waals surface area contributed by atoms with Gasteiger partial charge in [0, 0.05) is 17.7 Å². The maximum atomic E-state index is 13.5. The first-order valence-electron chi connectivity index (χ1n) is 11.0. The van der Waals surface area contributed by atoms with Crippen LogP contribution in [0.15, 0.2) is 18.2 Å². The molecule has 170 valence electrons. The second kappa shape index (κ2) is 12.1. The third-order valence-electron chi connectivity index (χ3n) is 4.96. The van der Waals surface area contributed by atoms with Gasteiger partial charge in [-0.3, -0.25) is 4.79 Å². The van der Waals surface area contributed by atoms with Gasteiger partial charge >= 0.3 is 18.9 Å². The van der Waals surface area contributed by atoms with E-state index in [-0.39, 0.29) is 51.3 Å². The van der Waals surface area contributed by atoms with Crippen LogP contribution in [0.4, 0.5) is 0 Å². The molecule has 4 nitrogen and oxygen atoms in total. The predicted octanol–water partition coefficient (Wildman–Crippen LogP) is 3.43. The molecule has 1 atom stereocenters. The summed E-state index contributed by atoms with van der Waals surface area (Å²) in [6, 6.07) is 5.85. The molecule has 0 aliphatic carbocycles. The van der Waals surface area contributed by atoms with Crippen LogP contribution in [0.2, 0.25) is 0 Å². The van der Waals surface area contributed by atoms with Crippen molar-refractivity contribution in [1.82, 2.24) is 0 Å². The van der Waals surface area contributed by atoms with Crippen LogP contribution in [0.5, 0.6) is 17.2 Å². The van der Waals surface area contributed by atoms with Crippen molar-refractivity contribution < 1.29 is 37.9 Å². The molecule has 6 heteroatoms. The number of hydrogen-bond acceptors (Lipinski definition) is 4. The van der Waals surface area contributed by atoms with E-state index in [1.807, 2.05) is 67.5 Å². The summed E-state index contributed by atoms with van der Waals surface area (Å²) < 4.78 is 18.2. The molecular weight excluding hydrogens is 414 g/mol. The molecule has 0 N–H and O–H groups in total. The third kappa shape index (κ3) is 7.28. The summed E-state index contributed by atoms with van der Waals surface area (Å²) in [5.74, 6) is 1.98. The van der Waals surface area contributed by atoms with Gasteiger partial charge in [0.1, 0.15) is 17.2 Å². The first-order chi connectivity index (χ1) is 14.4. The van der Waals surface area contributed by atoms with Gasteiger partial charge in [0.25, 0.3) is 0 Å². The Morgan fingerprint density at radius 3 is 1.62 bits per heavy atom. The molecule has 2 aromatic carbocycles. The normalized spacial score (nSPS) is 11.4. The molecule has 0 heterocycles. The van der Waals surface area contributed by atoms with E-state index in [1.165, 1.54) is 5.56 Å². The Morgan fingerprint density at radius 1 is 0.719 bits per heavy atom. The second-order valence-corrected chi connectivity index (χ2v) is 10.1. The molecule has 2 aromatic rings. The summed E-state index contributed by atoms with van der Waals surface area (Å²) in [5, 5.41) is 0.792. The standard InChI is InChI=1S/C26H37O4P.Li/c1-14(2)28-21-12-22(29-15(3)4)25(23(13-21)30-16(5)6)31-26(27)24-18(8)11-17(7)19(9)20(24)10;/h11-16,31H,1-10H3;/q;+1. The van der Waals surface area contributed by atoms with Gasteiger partial charge in [-0.15, -0.1) is 0 Å². The zero-order valence-electron chi connectivity index (χ0n) is 21.6. The van der Waals surface area contributed by atoms with Crippen LogP contribution in [0.25, 0.3) is 0 Å². The number of ether oxygens (including phenoxy) is 3. The Morgan fingerprint density at radius 2 is 1.19 bits per heavy atom. The Labute approximate surface area is 207 Å². The molecule has 0 amide bonds.